The first-order chi connectivity index (χ1) is 21.6. The van der Waals surface area contributed by atoms with Gasteiger partial charge in [0.1, 0.15) is 5.60 Å². The summed E-state index contributed by atoms with van der Waals surface area (Å²) in [5.74, 6) is 1.16. The molecule has 2 saturated heterocycles. The average molecular weight is 657 g/mol. The van der Waals surface area contributed by atoms with Gasteiger partial charge in [0, 0.05) is 50.0 Å². The molecule has 2 fully saturated rings. The smallest absolute Gasteiger partial charge is 0.405 e. The number of carbonyl (C=O) groups is 2. The molecule has 1 unspecified atom stereocenters. The summed E-state index contributed by atoms with van der Waals surface area (Å²) in [5, 5.41) is 0.971. The van der Waals surface area contributed by atoms with E-state index >= 15 is 0 Å². The average Bonchev–Trinajstić information content (AvgIpc) is 3.50. The summed E-state index contributed by atoms with van der Waals surface area (Å²) in [7, 11) is 4.59. The molecule has 0 aliphatic carbocycles. The van der Waals surface area contributed by atoms with Crippen LogP contribution in [0.4, 0.5) is 4.79 Å². The maximum absolute atomic E-state index is 13.9. The number of amides is 2. The minimum atomic E-state index is -0.770. The zero-order valence-corrected chi connectivity index (χ0v) is 27.3. The van der Waals surface area contributed by atoms with Crippen LogP contribution in [-0.4, -0.2) is 75.9 Å². The molecule has 2 aliphatic heterocycles. The van der Waals surface area contributed by atoms with E-state index in [9.17, 15) is 9.59 Å². The van der Waals surface area contributed by atoms with Crippen LogP contribution in [-0.2, 0) is 15.8 Å². The highest BCUT2D eigenvalue weighted by Crippen LogP contribution is 2.43. The third-order valence-corrected chi connectivity index (χ3v) is 9.99. The maximum atomic E-state index is 13.9. The second-order valence-corrected chi connectivity index (χ2v) is 12.5. The van der Waals surface area contributed by atoms with Gasteiger partial charge in [-0.25, -0.2) is 4.79 Å². The Morgan fingerprint density at radius 3 is 2.07 bits per heavy atom. The quantitative estimate of drug-likeness (QED) is 0.274. The summed E-state index contributed by atoms with van der Waals surface area (Å²) < 4.78 is 22.2. The summed E-state index contributed by atoms with van der Waals surface area (Å²) in [6.07, 6.45) is 2.04. The molecule has 0 radical (unpaired) electrons. The minimum absolute atomic E-state index is 0.120. The Kier molecular flexibility index (Phi) is 10.0. The second-order valence-electron chi connectivity index (χ2n) is 11.7. The van der Waals surface area contributed by atoms with Crippen molar-refractivity contribution in [1.82, 2.24) is 9.80 Å². The molecule has 5 rings (SSSR count). The predicted octanol–water partition coefficient (Wildman–Crippen LogP) is 6.28. The highest BCUT2D eigenvalue weighted by atomic mass is 35.5. The van der Waals surface area contributed by atoms with E-state index in [-0.39, 0.29) is 11.3 Å². The molecule has 3 aromatic carbocycles. The molecule has 0 aromatic heterocycles. The first-order valence-corrected chi connectivity index (χ1v) is 15.7. The lowest BCUT2D eigenvalue weighted by Crippen LogP contribution is -2.47. The molecule has 45 heavy (non-hydrogen) atoms. The van der Waals surface area contributed by atoms with Crippen molar-refractivity contribution in [3.63, 3.8) is 0 Å². The zero-order chi connectivity index (χ0) is 32.2. The van der Waals surface area contributed by atoms with Crippen molar-refractivity contribution in [2.75, 3.05) is 54.1 Å². The molecule has 3 aromatic rings. The van der Waals surface area contributed by atoms with Crippen LogP contribution >= 0.6 is 23.2 Å². The summed E-state index contributed by atoms with van der Waals surface area (Å²) >= 11 is 12.8. The molecule has 11 heteroatoms. The van der Waals surface area contributed by atoms with Crippen LogP contribution in [0.3, 0.4) is 0 Å². The fraction of sp³-hybridized carbons (Fsp3) is 0.412. The third kappa shape index (κ3) is 6.81. The van der Waals surface area contributed by atoms with Crippen molar-refractivity contribution < 1.29 is 28.5 Å². The molecular formula is C34H39Cl2N3O6. The van der Waals surface area contributed by atoms with Gasteiger partial charge in [-0.15, -0.1) is 0 Å². The lowest BCUT2D eigenvalue weighted by atomic mass is 9.76. The van der Waals surface area contributed by atoms with E-state index in [1.807, 2.05) is 53.4 Å². The number of halogens is 2. The number of primary amides is 1. The molecule has 0 saturated carbocycles. The molecule has 9 nitrogen and oxygen atoms in total. The number of piperidine rings is 1. The molecule has 2 amide bonds. The monoisotopic (exact) mass is 655 g/mol. The molecule has 2 N–H and O–H groups in total. The van der Waals surface area contributed by atoms with Crippen molar-refractivity contribution in [2.45, 2.75) is 36.7 Å². The molecule has 240 valence electrons. The van der Waals surface area contributed by atoms with E-state index in [2.05, 4.69) is 4.90 Å². The van der Waals surface area contributed by atoms with E-state index in [1.54, 1.807) is 12.1 Å². The van der Waals surface area contributed by atoms with Crippen molar-refractivity contribution in [3.05, 3.63) is 87.4 Å². The first kappa shape index (κ1) is 32.7. The van der Waals surface area contributed by atoms with Gasteiger partial charge >= 0.3 is 6.09 Å². The van der Waals surface area contributed by atoms with Crippen LogP contribution in [0.1, 0.15) is 47.2 Å². The fourth-order valence-corrected chi connectivity index (χ4v) is 7.04. The van der Waals surface area contributed by atoms with Gasteiger partial charge in [-0.3, -0.25) is 4.79 Å². The van der Waals surface area contributed by atoms with E-state index in [0.717, 1.165) is 43.6 Å². The van der Waals surface area contributed by atoms with Crippen molar-refractivity contribution in [2.24, 2.45) is 5.73 Å². The van der Waals surface area contributed by atoms with E-state index in [0.29, 0.717) is 58.8 Å². The van der Waals surface area contributed by atoms with Crippen LogP contribution < -0.4 is 19.9 Å². The van der Waals surface area contributed by atoms with Gasteiger partial charge in [-0.1, -0.05) is 59.6 Å². The number of carbonyl (C=O) groups excluding carboxylic acids is 2. The maximum Gasteiger partial charge on any atom is 0.405 e. The number of hydrogen-bond acceptors (Lipinski definition) is 7. The van der Waals surface area contributed by atoms with Gasteiger partial charge in [-0.05, 0) is 54.8 Å². The number of hydrogen-bond donors (Lipinski definition) is 1. The molecule has 0 spiro atoms. The third-order valence-electron chi connectivity index (χ3n) is 9.25. The van der Waals surface area contributed by atoms with Crippen molar-refractivity contribution in [1.29, 1.82) is 0 Å². The Morgan fingerprint density at radius 1 is 0.822 bits per heavy atom. The highest BCUT2D eigenvalue weighted by Gasteiger charge is 2.44. The van der Waals surface area contributed by atoms with Gasteiger partial charge in [-0.2, -0.15) is 0 Å². The largest absolute Gasteiger partial charge is 0.493 e. The molecule has 2 heterocycles. The number of nitrogens with zero attached hydrogens (tertiary/aromatic N) is 2. The van der Waals surface area contributed by atoms with Gasteiger partial charge in [0.15, 0.2) is 11.5 Å². The Labute approximate surface area is 274 Å². The Balaban J connectivity index is 1.36. The van der Waals surface area contributed by atoms with Crippen LogP contribution in [0.2, 0.25) is 10.0 Å². The standard InChI is InChI=1S/C34H39Cl2N3O6/c1-42-28-19-23(20-29(43-2)30(28)44-3)31(40)39-18-12-33(22-39,25-9-10-26(35)27(36)21-25)11-15-38-16-13-34(14-17-38,45-32(37)41)24-7-5-4-6-8-24/h4-10,19-21H,11-18,22H2,1-3H3,(H2,37,41). The van der Waals surface area contributed by atoms with Gasteiger partial charge in [0.2, 0.25) is 5.75 Å². The first-order valence-electron chi connectivity index (χ1n) is 14.9. The van der Waals surface area contributed by atoms with E-state index < -0.39 is 11.7 Å². The van der Waals surface area contributed by atoms with Crippen LogP contribution in [0.25, 0.3) is 0 Å². The molecular weight excluding hydrogens is 617 g/mol. The van der Waals surface area contributed by atoms with Crippen molar-refractivity contribution in [3.8, 4) is 17.2 Å². The lowest BCUT2D eigenvalue weighted by Gasteiger charge is -2.42. The zero-order valence-electron chi connectivity index (χ0n) is 25.8. The lowest BCUT2D eigenvalue weighted by molar-refractivity contribution is -0.0374. The second kappa shape index (κ2) is 13.8. The molecule has 2 aliphatic rings. The minimum Gasteiger partial charge on any atom is -0.493 e. The summed E-state index contributed by atoms with van der Waals surface area (Å²) in [4.78, 5) is 30.0. The number of benzene rings is 3. The number of rotatable bonds is 10. The van der Waals surface area contributed by atoms with Crippen LogP contribution in [0.5, 0.6) is 17.2 Å². The summed E-state index contributed by atoms with van der Waals surface area (Å²) in [6, 6.07) is 18.9. The summed E-state index contributed by atoms with van der Waals surface area (Å²) in [6.45, 7) is 3.32. The van der Waals surface area contributed by atoms with Crippen LogP contribution in [0.15, 0.2) is 60.7 Å². The van der Waals surface area contributed by atoms with Crippen LogP contribution in [0, 0.1) is 0 Å². The van der Waals surface area contributed by atoms with E-state index in [4.69, 9.17) is 47.9 Å². The van der Waals surface area contributed by atoms with Crippen molar-refractivity contribution >= 4 is 35.2 Å². The molecule has 1 atom stereocenters. The number of nitrogens with two attached hydrogens (primary N) is 1. The number of likely N-dealkylation sites (tertiary alicyclic amines) is 2. The molecule has 0 bridgehead atoms. The van der Waals surface area contributed by atoms with Gasteiger partial charge in [0.05, 0.1) is 31.4 Å². The van der Waals surface area contributed by atoms with Gasteiger partial charge < -0.3 is 34.5 Å². The highest BCUT2D eigenvalue weighted by molar-refractivity contribution is 6.42. The number of ether oxygens (including phenoxy) is 4. The Hall–Kier alpha value is -3.66. The topological polar surface area (TPSA) is 104 Å². The predicted molar refractivity (Wildman–Crippen MR) is 174 cm³/mol. The van der Waals surface area contributed by atoms with Gasteiger partial charge in [0.25, 0.3) is 5.91 Å². The Bertz CT molecular complexity index is 1500. The SMILES string of the molecule is COc1cc(C(=O)N2CCC(CCN3CCC(OC(N)=O)(c4ccccc4)CC3)(c3ccc(Cl)c(Cl)c3)C2)cc(OC)c1OC. The number of methoxy groups -OCH3 is 3. The normalized spacial score (nSPS) is 19.6. The van der Waals surface area contributed by atoms with E-state index in [1.165, 1.54) is 21.3 Å². The fourth-order valence-electron chi connectivity index (χ4n) is 6.74. The summed E-state index contributed by atoms with van der Waals surface area (Å²) in [5.41, 5.74) is 6.87. The Morgan fingerprint density at radius 2 is 1.49 bits per heavy atom.